The molecule has 0 saturated heterocycles. The summed E-state index contributed by atoms with van der Waals surface area (Å²) in [7, 11) is 1.32. The number of aliphatic hydroxyl groups is 3. The van der Waals surface area contributed by atoms with Crippen molar-refractivity contribution in [1.29, 1.82) is 0 Å². The summed E-state index contributed by atoms with van der Waals surface area (Å²) >= 11 is 0. The zero-order chi connectivity index (χ0) is 19.9. The number of esters is 1. The first kappa shape index (κ1) is 19.1. The van der Waals surface area contributed by atoms with Gasteiger partial charge in [-0.25, -0.2) is 0 Å². The monoisotopic (exact) mass is 378 g/mol. The number of ether oxygens (including phenoxy) is 1. The first-order chi connectivity index (χ1) is 12.5. The van der Waals surface area contributed by atoms with Crippen LogP contribution >= 0.6 is 0 Å². The van der Waals surface area contributed by atoms with Crippen molar-refractivity contribution in [2.45, 2.75) is 64.3 Å². The van der Waals surface area contributed by atoms with Crippen molar-refractivity contribution in [1.82, 2.24) is 0 Å². The maximum Gasteiger partial charge on any atom is 0.311 e. The summed E-state index contributed by atoms with van der Waals surface area (Å²) in [6.45, 7) is 7.62. The van der Waals surface area contributed by atoms with Gasteiger partial charge in [0.05, 0.1) is 36.3 Å². The van der Waals surface area contributed by atoms with Gasteiger partial charge in [-0.1, -0.05) is 13.5 Å². The standard InChI is InChI=1S/C21H30O6/c1-10-11-5-6-13-20(3)14(7-15(23)21(13,8-11)16(10)24)19(2,18(26)27-4)9-12(22)17(20)25/h11-15,17,22-23,25H,1,5-9H2,2-4H3/t11-,12+,13+,14-,15+,17+,19-,20+,21-/m1/s1. The number of fused-ring (bicyclic) bond motifs is 3. The van der Waals surface area contributed by atoms with Crippen molar-refractivity contribution in [2.24, 2.45) is 34.0 Å². The second-order valence-corrected chi connectivity index (χ2v) is 9.72. The first-order valence-electron chi connectivity index (χ1n) is 9.91. The van der Waals surface area contributed by atoms with Crippen LogP contribution in [0, 0.1) is 34.0 Å². The van der Waals surface area contributed by atoms with E-state index in [-0.39, 0.29) is 36.4 Å². The fourth-order valence-corrected chi connectivity index (χ4v) is 7.55. The van der Waals surface area contributed by atoms with Crippen LogP contribution in [0.15, 0.2) is 12.2 Å². The van der Waals surface area contributed by atoms with Crippen molar-refractivity contribution < 1.29 is 29.6 Å². The number of carbonyl (C=O) groups excluding carboxylic acids is 2. The van der Waals surface area contributed by atoms with Gasteiger partial charge in [0.2, 0.25) is 0 Å². The molecule has 0 amide bonds. The Morgan fingerprint density at radius 1 is 1.15 bits per heavy atom. The van der Waals surface area contributed by atoms with E-state index in [2.05, 4.69) is 6.58 Å². The number of Topliss-reactive ketones (excluding diaryl/α,β-unsaturated/α-hetero) is 1. The van der Waals surface area contributed by atoms with Gasteiger partial charge in [0, 0.05) is 5.41 Å². The summed E-state index contributed by atoms with van der Waals surface area (Å²) < 4.78 is 5.05. The highest BCUT2D eigenvalue weighted by Crippen LogP contribution is 2.71. The van der Waals surface area contributed by atoms with E-state index >= 15 is 0 Å². The van der Waals surface area contributed by atoms with Crippen molar-refractivity contribution in [3.8, 4) is 0 Å². The minimum Gasteiger partial charge on any atom is -0.469 e. The van der Waals surface area contributed by atoms with Crippen molar-refractivity contribution in [3.05, 3.63) is 12.2 Å². The van der Waals surface area contributed by atoms with Crippen LogP contribution in [0.2, 0.25) is 0 Å². The molecule has 2 bridgehead atoms. The van der Waals surface area contributed by atoms with E-state index in [0.29, 0.717) is 18.4 Å². The lowest BCUT2D eigenvalue weighted by Gasteiger charge is -2.66. The van der Waals surface area contributed by atoms with Crippen LogP contribution in [0.3, 0.4) is 0 Å². The molecule has 0 heterocycles. The van der Waals surface area contributed by atoms with Crippen LogP contribution in [0.1, 0.15) is 46.0 Å². The Bertz CT molecular complexity index is 717. The molecule has 4 rings (SSSR count). The average Bonchev–Trinajstić information content (AvgIpc) is 2.83. The number of methoxy groups -OCH3 is 1. The van der Waals surface area contributed by atoms with E-state index in [0.717, 1.165) is 6.42 Å². The molecule has 4 fully saturated rings. The quantitative estimate of drug-likeness (QED) is 0.468. The molecule has 4 aliphatic carbocycles. The molecular formula is C21H30O6. The lowest BCUT2D eigenvalue weighted by atomic mass is 9.39. The number of ketones is 1. The Hall–Kier alpha value is -1.24. The highest BCUT2D eigenvalue weighted by atomic mass is 16.5. The lowest BCUT2D eigenvalue weighted by Crippen LogP contribution is -2.70. The predicted molar refractivity (Wildman–Crippen MR) is 96.4 cm³/mol. The predicted octanol–water partition coefficient (Wildman–Crippen LogP) is 1.22. The summed E-state index contributed by atoms with van der Waals surface area (Å²) in [5, 5.41) is 33.0. The van der Waals surface area contributed by atoms with Gasteiger partial charge in [-0.3, -0.25) is 9.59 Å². The third kappa shape index (κ3) is 2.02. The Balaban J connectivity index is 1.89. The molecule has 0 radical (unpaired) electrons. The van der Waals surface area contributed by atoms with Gasteiger partial charge in [-0.05, 0) is 62.4 Å². The van der Waals surface area contributed by atoms with Crippen LogP contribution < -0.4 is 0 Å². The van der Waals surface area contributed by atoms with E-state index in [1.165, 1.54) is 7.11 Å². The van der Waals surface area contributed by atoms with Crippen molar-refractivity contribution in [2.75, 3.05) is 7.11 Å². The molecule has 27 heavy (non-hydrogen) atoms. The molecule has 4 aliphatic rings. The average molecular weight is 378 g/mol. The fourth-order valence-electron chi connectivity index (χ4n) is 7.55. The summed E-state index contributed by atoms with van der Waals surface area (Å²) in [5.74, 6) is -1.14. The van der Waals surface area contributed by atoms with Crippen LogP contribution in [-0.4, -0.2) is 52.5 Å². The molecule has 9 atom stereocenters. The van der Waals surface area contributed by atoms with Gasteiger partial charge in [0.1, 0.15) is 0 Å². The Morgan fingerprint density at radius 2 is 1.81 bits per heavy atom. The number of rotatable bonds is 1. The number of allylic oxidation sites excluding steroid dienone is 1. The van der Waals surface area contributed by atoms with Crippen LogP contribution in [0.4, 0.5) is 0 Å². The molecule has 4 saturated carbocycles. The fraction of sp³-hybridized carbons (Fsp3) is 0.810. The van der Waals surface area contributed by atoms with Gasteiger partial charge >= 0.3 is 5.97 Å². The molecule has 150 valence electrons. The topological polar surface area (TPSA) is 104 Å². The third-order valence-electron chi connectivity index (χ3n) is 8.83. The minimum absolute atomic E-state index is 0.0802. The zero-order valence-corrected chi connectivity index (χ0v) is 16.3. The largest absolute Gasteiger partial charge is 0.469 e. The van der Waals surface area contributed by atoms with Crippen LogP contribution in [0.5, 0.6) is 0 Å². The summed E-state index contributed by atoms with van der Waals surface area (Å²) in [6, 6.07) is 0. The molecule has 1 spiro atoms. The molecule has 0 aromatic heterocycles. The van der Waals surface area contributed by atoms with Gasteiger partial charge in [0.25, 0.3) is 0 Å². The molecule has 0 aliphatic heterocycles. The van der Waals surface area contributed by atoms with E-state index in [9.17, 15) is 24.9 Å². The van der Waals surface area contributed by atoms with Crippen molar-refractivity contribution in [3.63, 3.8) is 0 Å². The molecule has 6 heteroatoms. The Morgan fingerprint density at radius 3 is 2.44 bits per heavy atom. The second-order valence-electron chi connectivity index (χ2n) is 9.72. The lowest BCUT2D eigenvalue weighted by molar-refractivity contribution is -0.257. The maximum atomic E-state index is 13.2. The highest BCUT2D eigenvalue weighted by Gasteiger charge is 2.74. The molecule has 6 nitrogen and oxygen atoms in total. The molecule has 0 aromatic carbocycles. The summed E-state index contributed by atoms with van der Waals surface area (Å²) in [4.78, 5) is 25.9. The first-order valence-corrected chi connectivity index (χ1v) is 9.91. The number of aliphatic hydroxyl groups excluding tert-OH is 3. The minimum atomic E-state index is -1.08. The van der Waals surface area contributed by atoms with E-state index < -0.39 is 40.5 Å². The zero-order valence-electron chi connectivity index (χ0n) is 16.3. The van der Waals surface area contributed by atoms with Gasteiger partial charge in [0.15, 0.2) is 5.78 Å². The molecule has 0 unspecified atom stereocenters. The second kappa shape index (κ2) is 5.65. The number of hydrogen-bond acceptors (Lipinski definition) is 6. The number of hydrogen-bond donors (Lipinski definition) is 3. The highest BCUT2D eigenvalue weighted by molar-refractivity contribution is 6.03. The maximum absolute atomic E-state index is 13.2. The Kier molecular flexibility index (Phi) is 3.99. The van der Waals surface area contributed by atoms with E-state index in [1.807, 2.05) is 6.92 Å². The molecular weight excluding hydrogens is 348 g/mol. The van der Waals surface area contributed by atoms with Gasteiger partial charge < -0.3 is 20.1 Å². The smallest absolute Gasteiger partial charge is 0.311 e. The Labute approximate surface area is 159 Å². The van der Waals surface area contributed by atoms with Crippen LogP contribution in [0.25, 0.3) is 0 Å². The van der Waals surface area contributed by atoms with Gasteiger partial charge in [-0.2, -0.15) is 0 Å². The third-order valence-corrected chi connectivity index (χ3v) is 8.83. The molecule has 0 aromatic rings. The molecule has 3 N–H and O–H groups in total. The normalized spacial score (nSPS) is 54.3. The van der Waals surface area contributed by atoms with Gasteiger partial charge in [-0.15, -0.1) is 0 Å². The van der Waals surface area contributed by atoms with E-state index in [4.69, 9.17) is 4.74 Å². The summed E-state index contributed by atoms with van der Waals surface area (Å²) in [5.41, 5.74) is -2.27. The number of carbonyl (C=O) groups is 2. The SMILES string of the molecule is C=C1C(=O)[C@]23C[C@H]1CC[C@H]2[C@]1(C)[C@@H](O)[C@@H](O)C[C@@](C)(C(=O)OC)[C@H]1C[C@@H]3O. The van der Waals surface area contributed by atoms with Crippen molar-refractivity contribution >= 4 is 11.8 Å². The van der Waals surface area contributed by atoms with Crippen LogP contribution in [-0.2, 0) is 14.3 Å². The van der Waals surface area contributed by atoms with E-state index in [1.54, 1.807) is 6.92 Å². The summed E-state index contributed by atoms with van der Waals surface area (Å²) in [6.07, 6.45) is -0.722.